The molecule has 298 valence electrons. The molecule has 4 atom stereocenters. The summed E-state index contributed by atoms with van der Waals surface area (Å²) in [4.78, 5) is 14.9. The molecule has 2 fully saturated rings. The van der Waals surface area contributed by atoms with Crippen LogP contribution in [0, 0.1) is 35.0 Å². The monoisotopic (exact) mass is 806 g/mol. The minimum atomic E-state index is -2.34. The van der Waals surface area contributed by atoms with Gasteiger partial charge < -0.3 is 29.9 Å². The van der Waals surface area contributed by atoms with Crippen molar-refractivity contribution in [3.05, 3.63) is 165 Å². The third-order valence-electron chi connectivity index (χ3n) is 10.9. The highest BCUT2D eigenvalue weighted by Crippen LogP contribution is 2.43. The molecule has 5 aromatic rings. The van der Waals surface area contributed by atoms with Crippen LogP contribution >= 0.6 is 11.6 Å². The van der Waals surface area contributed by atoms with Crippen LogP contribution in [0.3, 0.4) is 0 Å². The maximum absolute atomic E-state index is 14.2. The summed E-state index contributed by atoms with van der Waals surface area (Å²) in [6.45, 7) is 3.65. The summed E-state index contributed by atoms with van der Waals surface area (Å²) in [6, 6.07) is 29.4. The number of aliphatic hydroxyl groups is 2. The van der Waals surface area contributed by atoms with Gasteiger partial charge in [0.15, 0.2) is 29.6 Å². The first-order chi connectivity index (χ1) is 27.3. The van der Waals surface area contributed by atoms with Crippen molar-refractivity contribution in [2.24, 2.45) is 5.92 Å². The average Bonchev–Trinajstić information content (AvgIpc) is 3.23. The molecule has 0 saturated carbocycles. The van der Waals surface area contributed by atoms with Crippen LogP contribution in [0.4, 0.5) is 22.0 Å². The predicted octanol–water partition coefficient (Wildman–Crippen LogP) is 8.90. The lowest BCUT2D eigenvalue weighted by Crippen LogP contribution is -2.49. The molecule has 2 heterocycles. The molecule has 7 rings (SSSR count). The van der Waals surface area contributed by atoms with Gasteiger partial charge in [-0.25, -0.2) is 22.0 Å². The number of halogens is 6. The summed E-state index contributed by atoms with van der Waals surface area (Å²) in [5.74, 6) is -12.7. The van der Waals surface area contributed by atoms with E-state index in [2.05, 4.69) is 17.1 Å². The van der Waals surface area contributed by atoms with Crippen molar-refractivity contribution in [3.63, 3.8) is 0 Å². The van der Waals surface area contributed by atoms with E-state index in [0.29, 0.717) is 43.1 Å². The number of likely N-dealkylation sites (tertiary alicyclic amines) is 1. The van der Waals surface area contributed by atoms with E-state index in [9.17, 15) is 37.0 Å². The lowest BCUT2D eigenvalue weighted by Gasteiger charge is -2.45. The number of nitrogens with zero attached hydrogens (tertiary/aromatic N) is 1. The Labute approximate surface area is 331 Å². The zero-order chi connectivity index (χ0) is 40.4. The van der Waals surface area contributed by atoms with Crippen LogP contribution in [0.25, 0.3) is 11.1 Å². The summed E-state index contributed by atoms with van der Waals surface area (Å²) in [7, 11) is 0. The molecule has 4 unspecified atom stereocenters. The first kappa shape index (κ1) is 40.5. The van der Waals surface area contributed by atoms with E-state index >= 15 is 0 Å². The average molecular weight is 807 g/mol. The molecule has 57 heavy (non-hydrogen) atoms. The second-order valence-corrected chi connectivity index (χ2v) is 15.1. The van der Waals surface area contributed by atoms with Crippen LogP contribution in [0.5, 0.6) is 0 Å². The number of rotatable bonds is 10. The van der Waals surface area contributed by atoms with Gasteiger partial charge in [0.25, 0.3) is 5.91 Å². The predicted molar refractivity (Wildman–Crippen MR) is 203 cm³/mol. The number of aliphatic hydroxyl groups excluding tert-OH is 1. The van der Waals surface area contributed by atoms with Crippen molar-refractivity contribution in [1.82, 2.24) is 10.2 Å². The van der Waals surface area contributed by atoms with E-state index in [0.717, 1.165) is 33.4 Å². The number of hydrogen-bond acceptors (Lipinski definition) is 6. The summed E-state index contributed by atoms with van der Waals surface area (Å²) >= 11 is 6.09. The molecule has 2 aliphatic heterocycles. The topological polar surface area (TPSA) is 91.3 Å². The Bertz CT molecular complexity index is 2210. The van der Waals surface area contributed by atoms with Gasteiger partial charge in [-0.3, -0.25) is 4.79 Å². The number of hydrogen-bond donors (Lipinski definition) is 3. The maximum Gasteiger partial charge on any atom is 0.257 e. The van der Waals surface area contributed by atoms with Crippen LogP contribution in [-0.2, 0) is 28.2 Å². The summed E-state index contributed by atoms with van der Waals surface area (Å²) < 4.78 is 82.9. The SMILES string of the molecule is CC1C(CN2CCC(O)(c3ccc(Cl)cc3)CC2)OC(c2cccc(-c3cccc(CNC(=O)c4c(F)c(F)c(F)c(F)c4F)c3)c2)OC1c1ccc(CO)cc1. The number of amides is 1. The molecule has 1 amide bonds. The van der Waals surface area contributed by atoms with Crippen molar-refractivity contribution >= 4 is 17.5 Å². The largest absolute Gasteiger partial charge is 0.392 e. The molecule has 13 heteroatoms. The highest BCUT2D eigenvalue weighted by molar-refractivity contribution is 6.30. The van der Waals surface area contributed by atoms with Gasteiger partial charge in [0.05, 0.1) is 24.4 Å². The molecule has 5 aromatic carbocycles. The minimum absolute atomic E-state index is 0.0711. The first-order valence-electron chi connectivity index (χ1n) is 18.6. The van der Waals surface area contributed by atoms with Gasteiger partial charge in [0, 0.05) is 42.7 Å². The Kier molecular flexibility index (Phi) is 12.1. The second kappa shape index (κ2) is 17.0. The van der Waals surface area contributed by atoms with Crippen molar-refractivity contribution in [1.29, 1.82) is 0 Å². The molecule has 7 nitrogen and oxygen atoms in total. The van der Waals surface area contributed by atoms with Gasteiger partial charge in [-0.1, -0.05) is 91.3 Å². The lowest BCUT2D eigenvalue weighted by molar-refractivity contribution is -0.277. The van der Waals surface area contributed by atoms with Crippen LogP contribution in [-0.4, -0.2) is 46.8 Å². The molecule has 3 N–H and O–H groups in total. The Balaban J connectivity index is 1.09. The van der Waals surface area contributed by atoms with Gasteiger partial charge in [-0.05, 0) is 70.5 Å². The van der Waals surface area contributed by atoms with Crippen molar-refractivity contribution < 1.29 is 46.4 Å². The third-order valence-corrected chi connectivity index (χ3v) is 11.2. The van der Waals surface area contributed by atoms with Gasteiger partial charge in [0.1, 0.15) is 5.56 Å². The number of nitrogens with one attached hydrogen (secondary N) is 1. The van der Waals surface area contributed by atoms with Crippen LogP contribution in [0.15, 0.2) is 97.1 Å². The van der Waals surface area contributed by atoms with E-state index in [1.54, 1.807) is 30.3 Å². The Morgan fingerprint density at radius 1 is 0.789 bits per heavy atom. The fourth-order valence-corrected chi connectivity index (χ4v) is 7.66. The van der Waals surface area contributed by atoms with Crippen molar-refractivity contribution in [2.75, 3.05) is 19.6 Å². The van der Waals surface area contributed by atoms with Crippen LogP contribution in [0.2, 0.25) is 5.02 Å². The first-order valence-corrected chi connectivity index (χ1v) is 18.9. The fraction of sp³-hybridized carbons (Fsp3) is 0.295. The van der Waals surface area contributed by atoms with E-state index in [1.165, 1.54) is 0 Å². The lowest BCUT2D eigenvalue weighted by atomic mass is 9.84. The van der Waals surface area contributed by atoms with Gasteiger partial charge >= 0.3 is 0 Å². The molecular formula is C44H40ClF5N2O5. The minimum Gasteiger partial charge on any atom is -0.392 e. The highest BCUT2D eigenvalue weighted by Gasteiger charge is 2.41. The normalized spacial score (nSPS) is 21.0. The zero-order valence-electron chi connectivity index (χ0n) is 30.8. The van der Waals surface area contributed by atoms with E-state index in [4.69, 9.17) is 21.1 Å². The molecule has 0 spiro atoms. The van der Waals surface area contributed by atoms with Gasteiger partial charge in [-0.2, -0.15) is 0 Å². The van der Waals surface area contributed by atoms with E-state index in [-0.39, 0.29) is 31.3 Å². The number of carbonyl (C=O) groups excluding carboxylic acids is 1. The molecule has 2 aliphatic rings. The van der Waals surface area contributed by atoms with E-state index in [1.807, 2.05) is 66.7 Å². The standard InChI is InChI=1S/C44H40ClF5N2O5/c1-25-34(23-52-18-16-44(55,17-19-52)32-12-14-33(45)15-13-32)56-43(57-41(25)28-10-8-26(24-53)9-11-28)31-7-3-6-30(21-31)29-5-2-4-27(20-29)22-51-42(54)35-36(46)38(48)40(50)39(49)37(35)47/h2-15,20-21,25,34,41,43,53,55H,16-19,22-24H2,1H3,(H,51,54). The third kappa shape index (κ3) is 8.62. The molecule has 0 bridgehead atoms. The quantitative estimate of drug-likeness (QED) is 0.0743. The van der Waals surface area contributed by atoms with Gasteiger partial charge in [-0.15, -0.1) is 0 Å². The summed E-state index contributed by atoms with van der Waals surface area (Å²) in [6.07, 6.45) is -0.298. The summed E-state index contributed by atoms with van der Waals surface area (Å²) in [5, 5.41) is 24.0. The Hall–Kier alpha value is -4.69. The zero-order valence-corrected chi connectivity index (χ0v) is 31.6. The summed E-state index contributed by atoms with van der Waals surface area (Å²) in [5.41, 5.74) is 2.77. The maximum atomic E-state index is 14.2. The molecule has 0 aliphatic carbocycles. The number of benzene rings is 5. The molecule has 0 radical (unpaired) electrons. The second-order valence-electron chi connectivity index (χ2n) is 14.6. The van der Waals surface area contributed by atoms with E-state index < -0.39 is 52.4 Å². The smallest absolute Gasteiger partial charge is 0.257 e. The fourth-order valence-electron chi connectivity index (χ4n) is 7.54. The molecule has 0 aromatic heterocycles. The molecule has 2 saturated heterocycles. The Morgan fingerprint density at radius 2 is 1.40 bits per heavy atom. The van der Waals surface area contributed by atoms with Gasteiger partial charge in [0.2, 0.25) is 5.82 Å². The number of ether oxygens (including phenoxy) is 2. The Morgan fingerprint density at radius 3 is 2.05 bits per heavy atom. The van der Waals surface area contributed by atoms with Crippen molar-refractivity contribution in [2.45, 2.75) is 57.0 Å². The number of piperidine rings is 1. The van der Waals surface area contributed by atoms with Crippen LogP contribution in [0.1, 0.15) is 70.3 Å². The highest BCUT2D eigenvalue weighted by atomic mass is 35.5. The molecular weight excluding hydrogens is 767 g/mol. The van der Waals surface area contributed by atoms with Crippen molar-refractivity contribution in [3.8, 4) is 11.1 Å². The number of carbonyl (C=O) groups is 1. The van der Waals surface area contributed by atoms with Crippen LogP contribution < -0.4 is 5.32 Å².